The summed E-state index contributed by atoms with van der Waals surface area (Å²) in [6, 6.07) is 0. The first-order chi connectivity index (χ1) is 11.5. The van der Waals surface area contributed by atoms with Crippen LogP contribution < -0.4 is 0 Å². The Kier molecular flexibility index (Phi) is 4.55. The second-order valence-electron chi connectivity index (χ2n) is 10.4. The maximum atomic E-state index is 5.90. The van der Waals surface area contributed by atoms with Crippen LogP contribution in [-0.4, -0.2) is 13.7 Å². The zero-order valence-electron chi connectivity index (χ0n) is 16.7. The standard InChI is InChI=1S/C23H40O/c1-5-17-7-9-20-19-8-6-18-14-16(2)10-13-23(18,15-24-4)21(19)11-12-22(17,20)3/h16-21H,5-15H2,1-4H3. The second-order valence-corrected chi connectivity index (χ2v) is 10.4. The van der Waals surface area contributed by atoms with Gasteiger partial charge >= 0.3 is 0 Å². The summed E-state index contributed by atoms with van der Waals surface area (Å²) in [4.78, 5) is 0. The Hall–Kier alpha value is -0.0400. The van der Waals surface area contributed by atoms with E-state index in [0.717, 1.165) is 42.1 Å². The molecule has 0 saturated heterocycles. The zero-order chi connectivity index (χ0) is 16.9. The van der Waals surface area contributed by atoms with E-state index >= 15 is 0 Å². The van der Waals surface area contributed by atoms with Crippen molar-refractivity contribution in [1.82, 2.24) is 0 Å². The fourth-order valence-corrected chi connectivity index (χ4v) is 8.59. The van der Waals surface area contributed by atoms with Crippen LogP contribution in [0.4, 0.5) is 0 Å². The Morgan fingerprint density at radius 1 is 0.958 bits per heavy atom. The molecule has 0 amide bonds. The molecular weight excluding hydrogens is 292 g/mol. The van der Waals surface area contributed by atoms with Crippen LogP contribution in [-0.2, 0) is 4.74 Å². The van der Waals surface area contributed by atoms with Gasteiger partial charge in [-0.3, -0.25) is 0 Å². The Labute approximate surface area is 150 Å². The maximum Gasteiger partial charge on any atom is 0.0524 e. The topological polar surface area (TPSA) is 9.23 Å². The van der Waals surface area contributed by atoms with E-state index in [4.69, 9.17) is 4.74 Å². The largest absolute Gasteiger partial charge is 0.384 e. The number of methoxy groups -OCH3 is 1. The maximum absolute atomic E-state index is 5.90. The van der Waals surface area contributed by atoms with Crippen molar-refractivity contribution >= 4 is 0 Å². The third kappa shape index (κ3) is 2.36. The van der Waals surface area contributed by atoms with E-state index in [9.17, 15) is 0 Å². The molecule has 24 heavy (non-hydrogen) atoms. The van der Waals surface area contributed by atoms with Gasteiger partial charge in [0.2, 0.25) is 0 Å². The molecule has 0 aromatic heterocycles. The highest BCUT2D eigenvalue weighted by Gasteiger charge is 2.60. The lowest BCUT2D eigenvalue weighted by Crippen LogP contribution is -2.56. The van der Waals surface area contributed by atoms with Crippen LogP contribution in [0.3, 0.4) is 0 Å². The Bertz CT molecular complexity index is 459. The molecule has 0 bridgehead atoms. The minimum atomic E-state index is 0.538. The molecule has 0 radical (unpaired) electrons. The highest BCUT2D eigenvalue weighted by Crippen LogP contribution is 2.68. The van der Waals surface area contributed by atoms with Gasteiger partial charge in [-0.25, -0.2) is 0 Å². The van der Waals surface area contributed by atoms with Gasteiger partial charge < -0.3 is 4.74 Å². The molecule has 4 fully saturated rings. The van der Waals surface area contributed by atoms with Crippen LogP contribution in [0, 0.1) is 46.3 Å². The van der Waals surface area contributed by atoms with Crippen molar-refractivity contribution in [3.8, 4) is 0 Å². The second kappa shape index (κ2) is 6.29. The van der Waals surface area contributed by atoms with Gasteiger partial charge in [-0.15, -0.1) is 0 Å². The predicted octanol–water partition coefficient (Wildman–Crippen LogP) is 6.32. The fraction of sp³-hybridized carbons (Fsp3) is 1.00. The molecule has 4 aliphatic rings. The minimum absolute atomic E-state index is 0.538. The van der Waals surface area contributed by atoms with E-state index < -0.39 is 0 Å². The third-order valence-corrected chi connectivity index (χ3v) is 9.73. The minimum Gasteiger partial charge on any atom is -0.384 e. The van der Waals surface area contributed by atoms with Gasteiger partial charge in [-0.05, 0) is 97.7 Å². The van der Waals surface area contributed by atoms with Crippen LogP contribution in [0.25, 0.3) is 0 Å². The summed E-state index contributed by atoms with van der Waals surface area (Å²) in [5, 5.41) is 0. The molecule has 0 aliphatic heterocycles. The number of hydrogen-bond donors (Lipinski definition) is 0. The summed E-state index contributed by atoms with van der Waals surface area (Å²) in [6.07, 6.45) is 14.9. The van der Waals surface area contributed by atoms with Gasteiger partial charge in [0.15, 0.2) is 0 Å². The van der Waals surface area contributed by atoms with Gasteiger partial charge in [-0.2, -0.15) is 0 Å². The van der Waals surface area contributed by atoms with Crippen LogP contribution in [0.1, 0.15) is 85.0 Å². The SMILES string of the molecule is CCC1CCC2C3CCC4CC(C)CCC4(COC)C3CCC12C. The van der Waals surface area contributed by atoms with Crippen molar-refractivity contribution in [1.29, 1.82) is 0 Å². The van der Waals surface area contributed by atoms with Gasteiger partial charge in [0.25, 0.3) is 0 Å². The van der Waals surface area contributed by atoms with E-state index in [1.165, 1.54) is 64.2 Å². The van der Waals surface area contributed by atoms with Gasteiger partial charge in [0.1, 0.15) is 0 Å². The zero-order valence-corrected chi connectivity index (χ0v) is 16.7. The van der Waals surface area contributed by atoms with E-state index in [-0.39, 0.29) is 0 Å². The van der Waals surface area contributed by atoms with Gasteiger partial charge in [0.05, 0.1) is 6.61 Å². The summed E-state index contributed by atoms with van der Waals surface area (Å²) in [6.45, 7) is 8.65. The fourth-order valence-electron chi connectivity index (χ4n) is 8.59. The molecule has 4 saturated carbocycles. The summed E-state index contributed by atoms with van der Waals surface area (Å²) >= 11 is 0. The number of fused-ring (bicyclic) bond motifs is 5. The molecule has 0 aromatic rings. The van der Waals surface area contributed by atoms with E-state index in [1.54, 1.807) is 0 Å². The average molecular weight is 333 g/mol. The summed E-state index contributed by atoms with van der Waals surface area (Å²) in [7, 11) is 1.96. The van der Waals surface area contributed by atoms with Gasteiger partial charge in [-0.1, -0.05) is 33.6 Å². The smallest absolute Gasteiger partial charge is 0.0524 e. The van der Waals surface area contributed by atoms with Crippen LogP contribution >= 0.6 is 0 Å². The first kappa shape index (κ1) is 17.4. The van der Waals surface area contributed by atoms with Crippen LogP contribution in [0.5, 0.6) is 0 Å². The van der Waals surface area contributed by atoms with E-state index in [0.29, 0.717) is 10.8 Å². The molecule has 1 heteroatoms. The first-order valence-corrected chi connectivity index (χ1v) is 11.0. The Morgan fingerprint density at radius 3 is 2.54 bits per heavy atom. The van der Waals surface area contributed by atoms with E-state index in [2.05, 4.69) is 20.8 Å². The molecule has 4 aliphatic carbocycles. The molecule has 4 rings (SSSR count). The predicted molar refractivity (Wildman–Crippen MR) is 101 cm³/mol. The van der Waals surface area contributed by atoms with Crippen LogP contribution in [0.15, 0.2) is 0 Å². The molecule has 0 N–H and O–H groups in total. The molecule has 0 heterocycles. The quantitative estimate of drug-likeness (QED) is 0.587. The highest BCUT2D eigenvalue weighted by atomic mass is 16.5. The lowest BCUT2D eigenvalue weighted by atomic mass is 9.44. The molecule has 0 spiro atoms. The lowest BCUT2D eigenvalue weighted by Gasteiger charge is -2.62. The molecule has 1 nitrogen and oxygen atoms in total. The number of ether oxygens (including phenoxy) is 1. The normalized spacial score (nSPS) is 54.0. The van der Waals surface area contributed by atoms with Gasteiger partial charge in [0, 0.05) is 7.11 Å². The van der Waals surface area contributed by atoms with Crippen molar-refractivity contribution in [3.05, 3.63) is 0 Å². The van der Waals surface area contributed by atoms with Crippen LogP contribution in [0.2, 0.25) is 0 Å². The van der Waals surface area contributed by atoms with Crippen molar-refractivity contribution in [3.63, 3.8) is 0 Å². The Balaban J connectivity index is 1.64. The molecule has 8 atom stereocenters. The first-order valence-electron chi connectivity index (χ1n) is 11.0. The number of rotatable bonds is 3. The van der Waals surface area contributed by atoms with Crippen molar-refractivity contribution < 1.29 is 4.74 Å². The molecule has 8 unspecified atom stereocenters. The van der Waals surface area contributed by atoms with Crippen molar-refractivity contribution in [2.45, 2.75) is 85.0 Å². The summed E-state index contributed by atoms with van der Waals surface area (Å²) in [5.74, 6) is 5.91. The number of hydrogen-bond acceptors (Lipinski definition) is 1. The van der Waals surface area contributed by atoms with Crippen molar-refractivity contribution in [2.75, 3.05) is 13.7 Å². The molecular formula is C23H40O. The average Bonchev–Trinajstić information content (AvgIpc) is 2.92. The Morgan fingerprint density at radius 2 is 1.79 bits per heavy atom. The van der Waals surface area contributed by atoms with Crippen molar-refractivity contribution in [2.24, 2.45) is 46.3 Å². The third-order valence-electron chi connectivity index (χ3n) is 9.73. The monoisotopic (exact) mass is 332 g/mol. The summed E-state index contributed by atoms with van der Waals surface area (Å²) in [5.41, 5.74) is 1.20. The van der Waals surface area contributed by atoms with E-state index in [1.807, 2.05) is 7.11 Å². The molecule has 138 valence electrons. The molecule has 0 aromatic carbocycles. The lowest BCUT2D eigenvalue weighted by molar-refractivity contribution is -0.150. The highest BCUT2D eigenvalue weighted by molar-refractivity contribution is 5.10. The summed E-state index contributed by atoms with van der Waals surface area (Å²) < 4.78 is 5.90.